The van der Waals surface area contributed by atoms with E-state index in [4.69, 9.17) is 10.7 Å². The normalized spacial score (nSPS) is 11.9. The molecule has 0 aliphatic carbocycles. The molecule has 2 heterocycles. The number of halogens is 1. The maximum Gasteiger partial charge on any atom is 0.296 e. The quantitative estimate of drug-likeness (QED) is 0.789. The lowest BCUT2D eigenvalue weighted by molar-refractivity contribution is 0.593. The minimum Gasteiger partial charge on any atom is -0.299 e. The summed E-state index contributed by atoms with van der Waals surface area (Å²) in [5, 5.41) is 11.2. The van der Waals surface area contributed by atoms with Crippen LogP contribution in [0.5, 0.6) is 0 Å². The van der Waals surface area contributed by atoms with Gasteiger partial charge in [-0.2, -0.15) is 0 Å². The molecule has 98 valence electrons. The van der Waals surface area contributed by atoms with Crippen LogP contribution in [0.1, 0.15) is 19.0 Å². The molecule has 0 amide bonds. The fraction of sp³-hybridized carbons (Fsp3) is 0.500. The maximum absolute atomic E-state index is 11.3. The van der Waals surface area contributed by atoms with Crippen molar-refractivity contribution in [2.45, 2.75) is 24.9 Å². The Morgan fingerprint density at radius 2 is 2.06 bits per heavy atom. The summed E-state index contributed by atoms with van der Waals surface area (Å²) in [4.78, 5) is 0.721. The Bertz CT molecular complexity index is 663. The second-order valence-corrected chi connectivity index (χ2v) is 6.82. The summed E-state index contributed by atoms with van der Waals surface area (Å²) in [5.41, 5.74) is 0.788. The summed E-state index contributed by atoms with van der Waals surface area (Å²) < 4.78 is 27.7. The molecule has 0 saturated carbocycles. The van der Waals surface area contributed by atoms with Crippen LogP contribution in [-0.4, -0.2) is 32.8 Å². The average Bonchev–Trinajstić information content (AvgIpc) is 2.84. The molecule has 0 bridgehead atoms. The minimum atomic E-state index is -3.90. The van der Waals surface area contributed by atoms with Crippen molar-refractivity contribution in [2.75, 3.05) is 0 Å². The van der Waals surface area contributed by atoms with Crippen LogP contribution < -0.4 is 0 Å². The van der Waals surface area contributed by atoms with E-state index in [1.165, 1.54) is 4.57 Å². The monoisotopic (exact) mass is 307 g/mol. The first-order chi connectivity index (χ1) is 8.45. The molecule has 0 unspecified atom stereocenters. The number of aryl methyl sites for hydroxylation is 1. The van der Waals surface area contributed by atoms with Crippen molar-refractivity contribution in [3.63, 3.8) is 0 Å². The molecule has 0 fully saturated rings. The average molecular weight is 308 g/mol. The van der Waals surface area contributed by atoms with Crippen LogP contribution in [0.4, 0.5) is 0 Å². The Labute approximate surface area is 112 Å². The topological polar surface area (TPSA) is 90.6 Å². The van der Waals surface area contributed by atoms with Crippen LogP contribution in [0.15, 0.2) is 5.16 Å². The summed E-state index contributed by atoms with van der Waals surface area (Å²) in [6.45, 7) is 2.02. The first kappa shape index (κ1) is 13.4. The molecule has 10 heteroatoms. The molecule has 2 aromatic rings. The molecular weight excluding hydrogens is 298 g/mol. The zero-order valence-electron chi connectivity index (χ0n) is 9.66. The number of rotatable bonds is 4. The zero-order chi connectivity index (χ0) is 13.3. The summed E-state index contributed by atoms with van der Waals surface area (Å²) in [6, 6.07) is 0. The van der Waals surface area contributed by atoms with E-state index < -0.39 is 9.05 Å². The molecular formula is C8H10ClN5O2S2. The Balaban J connectivity index is 2.53. The van der Waals surface area contributed by atoms with Gasteiger partial charge in [0.1, 0.15) is 4.88 Å². The highest BCUT2D eigenvalue weighted by Gasteiger charge is 2.23. The fourth-order valence-corrected chi connectivity index (χ4v) is 3.19. The second-order valence-electron chi connectivity index (χ2n) is 3.60. The van der Waals surface area contributed by atoms with Crippen molar-refractivity contribution in [1.82, 2.24) is 24.4 Å². The van der Waals surface area contributed by atoms with E-state index >= 15 is 0 Å². The number of nitrogens with zero attached hydrogens (tertiary/aromatic N) is 5. The first-order valence-corrected chi connectivity index (χ1v) is 8.19. The largest absolute Gasteiger partial charge is 0.299 e. The van der Waals surface area contributed by atoms with Crippen LogP contribution in [-0.2, 0) is 22.5 Å². The van der Waals surface area contributed by atoms with Crippen molar-refractivity contribution in [2.24, 2.45) is 7.05 Å². The fourth-order valence-electron chi connectivity index (χ4n) is 1.50. The third-order valence-electron chi connectivity index (χ3n) is 2.30. The molecule has 0 saturated heterocycles. The summed E-state index contributed by atoms with van der Waals surface area (Å²) >= 11 is 1.16. The highest BCUT2D eigenvalue weighted by molar-refractivity contribution is 8.13. The molecule has 7 nitrogen and oxygen atoms in total. The molecule has 2 rings (SSSR count). The first-order valence-electron chi connectivity index (χ1n) is 5.10. The second kappa shape index (κ2) is 4.90. The van der Waals surface area contributed by atoms with Gasteiger partial charge >= 0.3 is 0 Å². The minimum absolute atomic E-state index is 0.282. The van der Waals surface area contributed by atoms with Crippen molar-refractivity contribution in [1.29, 1.82) is 0 Å². The van der Waals surface area contributed by atoms with E-state index in [1.807, 2.05) is 6.92 Å². The van der Waals surface area contributed by atoms with Gasteiger partial charge in [0.25, 0.3) is 14.2 Å². The van der Waals surface area contributed by atoms with Crippen LogP contribution in [0, 0.1) is 0 Å². The van der Waals surface area contributed by atoms with E-state index in [0.717, 1.165) is 34.9 Å². The molecule has 0 spiro atoms. The number of aromatic nitrogens is 5. The number of hydrogen-bond donors (Lipinski definition) is 0. The van der Waals surface area contributed by atoms with Gasteiger partial charge in [0, 0.05) is 17.7 Å². The van der Waals surface area contributed by atoms with Crippen molar-refractivity contribution >= 4 is 31.3 Å². The molecule has 18 heavy (non-hydrogen) atoms. The predicted octanol–water partition coefficient (Wildman–Crippen LogP) is 1.21. The predicted molar refractivity (Wildman–Crippen MR) is 66.9 cm³/mol. The van der Waals surface area contributed by atoms with E-state index in [-0.39, 0.29) is 5.16 Å². The lowest BCUT2D eigenvalue weighted by atomic mass is 10.2. The van der Waals surface area contributed by atoms with Gasteiger partial charge in [-0.15, -0.1) is 15.3 Å². The van der Waals surface area contributed by atoms with E-state index in [2.05, 4.69) is 19.8 Å². The van der Waals surface area contributed by atoms with Crippen molar-refractivity contribution in [3.8, 4) is 10.7 Å². The van der Waals surface area contributed by atoms with Gasteiger partial charge in [0.2, 0.25) is 0 Å². The standard InChI is InChI=1S/C8H10ClN5O2S2/c1-3-4-5-6(17-13-10-5)7-11-12-8(14(7)2)18(9,15)16/h3-4H2,1-2H3. The van der Waals surface area contributed by atoms with Gasteiger partial charge in [0.05, 0.1) is 5.69 Å². The van der Waals surface area contributed by atoms with Crippen LogP contribution in [0.3, 0.4) is 0 Å². The summed E-state index contributed by atoms with van der Waals surface area (Å²) in [6.07, 6.45) is 1.67. The smallest absolute Gasteiger partial charge is 0.296 e. The molecule has 0 atom stereocenters. The van der Waals surface area contributed by atoms with E-state index in [0.29, 0.717) is 5.82 Å². The zero-order valence-corrected chi connectivity index (χ0v) is 12.1. The van der Waals surface area contributed by atoms with Gasteiger partial charge in [-0.25, -0.2) is 8.42 Å². The molecule has 0 radical (unpaired) electrons. The van der Waals surface area contributed by atoms with Gasteiger partial charge in [-0.1, -0.05) is 17.8 Å². The highest BCUT2D eigenvalue weighted by atomic mass is 35.7. The van der Waals surface area contributed by atoms with Gasteiger partial charge < -0.3 is 0 Å². The van der Waals surface area contributed by atoms with Crippen LogP contribution >= 0.6 is 22.2 Å². The Kier molecular flexibility index (Phi) is 3.64. The van der Waals surface area contributed by atoms with Crippen LogP contribution in [0.25, 0.3) is 10.7 Å². The SMILES string of the molecule is CCCc1nnsc1-c1nnc(S(=O)(=O)Cl)n1C. The Morgan fingerprint density at radius 3 is 2.61 bits per heavy atom. The van der Waals surface area contributed by atoms with Gasteiger partial charge in [0.15, 0.2) is 5.82 Å². The molecule has 0 aromatic carbocycles. The Hall–Kier alpha value is -1.06. The van der Waals surface area contributed by atoms with Gasteiger partial charge in [-0.05, 0) is 18.0 Å². The summed E-state index contributed by atoms with van der Waals surface area (Å²) in [5.74, 6) is 0.410. The maximum atomic E-state index is 11.3. The molecule has 0 N–H and O–H groups in total. The lowest BCUT2D eigenvalue weighted by Gasteiger charge is -2.00. The molecule has 0 aliphatic heterocycles. The van der Waals surface area contributed by atoms with Crippen molar-refractivity contribution < 1.29 is 8.42 Å². The lowest BCUT2D eigenvalue weighted by Crippen LogP contribution is -2.03. The van der Waals surface area contributed by atoms with Crippen molar-refractivity contribution in [3.05, 3.63) is 5.69 Å². The highest BCUT2D eigenvalue weighted by Crippen LogP contribution is 2.26. The Morgan fingerprint density at radius 1 is 1.33 bits per heavy atom. The number of hydrogen-bond acceptors (Lipinski definition) is 7. The van der Waals surface area contributed by atoms with E-state index in [1.54, 1.807) is 7.05 Å². The molecule has 2 aromatic heterocycles. The van der Waals surface area contributed by atoms with Crippen LogP contribution in [0.2, 0.25) is 0 Å². The molecule has 0 aliphatic rings. The van der Waals surface area contributed by atoms with Gasteiger partial charge in [-0.3, -0.25) is 4.57 Å². The third-order valence-corrected chi connectivity index (χ3v) is 4.27. The third kappa shape index (κ3) is 2.38. The summed E-state index contributed by atoms with van der Waals surface area (Å²) in [7, 11) is 2.90. The van der Waals surface area contributed by atoms with E-state index in [9.17, 15) is 8.42 Å².